The Kier molecular flexibility index (Phi) is 6.22. The van der Waals surface area contributed by atoms with Crippen LogP contribution in [0.5, 0.6) is 5.75 Å². The highest BCUT2D eigenvalue weighted by Gasteiger charge is 2.06. The summed E-state index contributed by atoms with van der Waals surface area (Å²) in [5.74, 6) is 0.331. The molecule has 0 saturated heterocycles. The average Bonchev–Trinajstić information content (AvgIpc) is 2.34. The SMILES string of the molecule is CCNCc1ccc(OCC(=O)OC(C)C)cc1. The van der Waals surface area contributed by atoms with Crippen molar-refractivity contribution in [3.05, 3.63) is 29.8 Å². The molecule has 1 rings (SSSR count). The normalized spacial score (nSPS) is 10.4. The van der Waals surface area contributed by atoms with Gasteiger partial charge in [0, 0.05) is 6.54 Å². The summed E-state index contributed by atoms with van der Waals surface area (Å²) in [6, 6.07) is 7.67. The number of carbonyl (C=O) groups is 1. The van der Waals surface area contributed by atoms with E-state index in [2.05, 4.69) is 12.2 Å². The summed E-state index contributed by atoms with van der Waals surface area (Å²) in [6.07, 6.45) is -0.108. The van der Waals surface area contributed by atoms with Gasteiger partial charge in [0.15, 0.2) is 6.61 Å². The summed E-state index contributed by atoms with van der Waals surface area (Å²) in [6.45, 7) is 7.43. The maximum Gasteiger partial charge on any atom is 0.344 e. The lowest BCUT2D eigenvalue weighted by Gasteiger charge is -2.09. The first-order valence-corrected chi connectivity index (χ1v) is 6.23. The van der Waals surface area contributed by atoms with Crippen LogP contribution in [0.25, 0.3) is 0 Å². The van der Waals surface area contributed by atoms with E-state index in [9.17, 15) is 4.79 Å². The van der Waals surface area contributed by atoms with E-state index in [1.807, 2.05) is 38.1 Å². The Hall–Kier alpha value is -1.55. The number of hydrogen-bond donors (Lipinski definition) is 1. The van der Waals surface area contributed by atoms with Gasteiger partial charge in [0.2, 0.25) is 0 Å². The fourth-order valence-electron chi connectivity index (χ4n) is 1.41. The van der Waals surface area contributed by atoms with Crippen molar-refractivity contribution in [2.45, 2.75) is 33.4 Å². The Labute approximate surface area is 108 Å². The van der Waals surface area contributed by atoms with Crippen molar-refractivity contribution in [1.82, 2.24) is 5.32 Å². The van der Waals surface area contributed by atoms with Gasteiger partial charge in [-0.1, -0.05) is 19.1 Å². The first kappa shape index (κ1) is 14.5. The zero-order chi connectivity index (χ0) is 13.4. The summed E-state index contributed by atoms with van der Waals surface area (Å²) < 4.78 is 10.3. The van der Waals surface area contributed by atoms with Gasteiger partial charge in [0.25, 0.3) is 0 Å². The van der Waals surface area contributed by atoms with E-state index in [4.69, 9.17) is 9.47 Å². The second kappa shape index (κ2) is 7.71. The molecule has 0 fully saturated rings. The van der Waals surface area contributed by atoms with Crippen LogP contribution in [0.15, 0.2) is 24.3 Å². The van der Waals surface area contributed by atoms with Crippen LogP contribution in [0.2, 0.25) is 0 Å². The standard InChI is InChI=1S/C14H21NO3/c1-4-15-9-12-5-7-13(8-6-12)17-10-14(16)18-11(2)3/h5-8,11,15H,4,9-10H2,1-3H3. The third kappa shape index (κ3) is 5.68. The van der Waals surface area contributed by atoms with Crippen molar-refractivity contribution < 1.29 is 14.3 Å². The van der Waals surface area contributed by atoms with Crippen molar-refractivity contribution in [3.8, 4) is 5.75 Å². The summed E-state index contributed by atoms with van der Waals surface area (Å²) >= 11 is 0. The quantitative estimate of drug-likeness (QED) is 0.754. The summed E-state index contributed by atoms with van der Waals surface area (Å²) in [4.78, 5) is 11.3. The highest BCUT2D eigenvalue weighted by Crippen LogP contribution is 2.12. The molecule has 4 nitrogen and oxygen atoms in total. The van der Waals surface area contributed by atoms with E-state index < -0.39 is 0 Å². The first-order chi connectivity index (χ1) is 8.61. The molecule has 100 valence electrons. The van der Waals surface area contributed by atoms with E-state index in [-0.39, 0.29) is 18.7 Å². The van der Waals surface area contributed by atoms with Gasteiger partial charge in [-0.2, -0.15) is 0 Å². The Morgan fingerprint density at radius 1 is 1.28 bits per heavy atom. The zero-order valence-corrected chi connectivity index (χ0v) is 11.2. The Bertz CT molecular complexity index is 360. The number of rotatable bonds is 7. The number of hydrogen-bond acceptors (Lipinski definition) is 4. The Morgan fingerprint density at radius 3 is 2.50 bits per heavy atom. The Balaban J connectivity index is 2.37. The number of ether oxygens (including phenoxy) is 2. The molecule has 0 heterocycles. The van der Waals surface area contributed by atoms with E-state index in [1.165, 1.54) is 5.56 Å². The molecule has 0 spiro atoms. The van der Waals surface area contributed by atoms with Crippen LogP contribution in [0.1, 0.15) is 26.3 Å². The molecule has 1 aromatic rings. The van der Waals surface area contributed by atoms with Crippen molar-refractivity contribution >= 4 is 5.97 Å². The minimum atomic E-state index is -0.346. The second-order valence-electron chi connectivity index (χ2n) is 4.25. The molecule has 0 saturated carbocycles. The molecule has 0 aromatic heterocycles. The topological polar surface area (TPSA) is 47.6 Å². The van der Waals surface area contributed by atoms with Crippen LogP contribution in [0.4, 0.5) is 0 Å². The largest absolute Gasteiger partial charge is 0.482 e. The fourth-order valence-corrected chi connectivity index (χ4v) is 1.41. The number of carbonyl (C=O) groups excluding carboxylic acids is 1. The smallest absolute Gasteiger partial charge is 0.344 e. The molecule has 1 aromatic carbocycles. The number of nitrogens with one attached hydrogen (secondary N) is 1. The van der Waals surface area contributed by atoms with E-state index in [0.29, 0.717) is 5.75 Å². The fraction of sp³-hybridized carbons (Fsp3) is 0.500. The third-order valence-electron chi connectivity index (χ3n) is 2.23. The van der Waals surface area contributed by atoms with Crippen LogP contribution < -0.4 is 10.1 Å². The first-order valence-electron chi connectivity index (χ1n) is 6.23. The van der Waals surface area contributed by atoms with Gasteiger partial charge in [-0.15, -0.1) is 0 Å². The molecule has 4 heteroatoms. The van der Waals surface area contributed by atoms with Gasteiger partial charge in [-0.25, -0.2) is 4.79 Å². The van der Waals surface area contributed by atoms with Crippen molar-refractivity contribution in [3.63, 3.8) is 0 Å². The minimum Gasteiger partial charge on any atom is -0.482 e. The molecular formula is C14H21NO3. The molecule has 1 N–H and O–H groups in total. The molecule has 0 amide bonds. The molecule has 0 aliphatic rings. The predicted molar refractivity (Wildman–Crippen MR) is 70.5 cm³/mol. The van der Waals surface area contributed by atoms with Crippen LogP contribution in [0, 0.1) is 0 Å². The van der Waals surface area contributed by atoms with Crippen molar-refractivity contribution in [1.29, 1.82) is 0 Å². The highest BCUT2D eigenvalue weighted by molar-refractivity contribution is 5.71. The minimum absolute atomic E-state index is 0.0509. The molecule has 0 bridgehead atoms. The maximum atomic E-state index is 11.3. The summed E-state index contributed by atoms with van der Waals surface area (Å²) in [7, 11) is 0. The number of esters is 1. The zero-order valence-electron chi connectivity index (χ0n) is 11.2. The monoisotopic (exact) mass is 251 g/mol. The lowest BCUT2D eigenvalue weighted by Crippen LogP contribution is -2.18. The predicted octanol–water partition coefficient (Wildman–Crippen LogP) is 2.13. The third-order valence-corrected chi connectivity index (χ3v) is 2.23. The van der Waals surface area contributed by atoms with Crippen LogP contribution in [-0.2, 0) is 16.1 Å². The Morgan fingerprint density at radius 2 is 1.94 bits per heavy atom. The number of benzene rings is 1. The molecule has 0 atom stereocenters. The lowest BCUT2D eigenvalue weighted by molar-refractivity contribution is -0.149. The maximum absolute atomic E-state index is 11.3. The van der Waals surface area contributed by atoms with Gasteiger partial charge < -0.3 is 14.8 Å². The van der Waals surface area contributed by atoms with Crippen molar-refractivity contribution in [2.24, 2.45) is 0 Å². The second-order valence-corrected chi connectivity index (χ2v) is 4.25. The molecule has 18 heavy (non-hydrogen) atoms. The molecule has 0 radical (unpaired) electrons. The molecule has 0 unspecified atom stereocenters. The molecule has 0 aliphatic carbocycles. The van der Waals surface area contributed by atoms with E-state index in [0.717, 1.165) is 13.1 Å². The van der Waals surface area contributed by atoms with E-state index >= 15 is 0 Å². The summed E-state index contributed by atoms with van der Waals surface area (Å²) in [5, 5.41) is 3.24. The van der Waals surface area contributed by atoms with Gasteiger partial charge in [0.1, 0.15) is 5.75 Å². The van der Waals surface area contributed by atoms with Gasteiger partial charge in [0.05, 0.1) is 6.10 Å². The molecule has 0 aliphatic heterocycles. The van der Waals surface area contributed by atoms with Crippen molar-refractivity contribution in [2.75, 3.05) is 13.2 Å². The summed E-state index contributed by atoms with van der Waals surface area (Å²) in [5.41, 5.74) is 1.19. The van der Waals surface area contributed by atoms with Crippen LogP contribution in [0.3, 0.4) is 0 Å². The highest BCUT2D eigenvalue weighted by atomic mass is 16.6. The molecular weight excluding hydrogens is 230 g/mol. The average molecular weight is 251 g/mol. The lowest BCUT2D eigenvalue weighted by atomic mass is 10.2. The van der Waals surface area contributed by atoms with Crippen LogP contribution in [-0.4, -0.2) is 25.2 Å². The van der Waals surface area contributed by atoms with Crippen LogP contribution >= 0.6 is 0 Å². The van der Waals surface area contributed by atoms with Gasteiger partial charge >= 0.3 is 5.97 Å². The van der Waals surface area contributed by atoms with Gasteiger partial charge in [-0.3, -0.25) is 0 Å². The van der Waals surface area contributed by atoms with E-state index in [1.54, 1.807) is 0 Å². The van der Waals surface area contributed by atoms with Gasteiger partial charge in [-0.05, 0) is 38.1 Å².